The Kier molecular flexibility index (Phi) is 4.68. The van der Waals surface area contributed by atoms with Crippen molar-refractivity contribution < 1.29 is 9.59 Å². The van der Waals surface area contributed by atoms with Crippen LogP contribution >= 0.6 is 0 Å². The fourth-order valence-corrected chi connectivity index (χ4v) is 2.31. The third-order valence-corrected chi connectivity index (χ3v) is 3.58. The van der Waals surface area contributed by atoms with Crippen molar-refractivity contribution in [2.24, 2.45) is 0 Å². The van der Waals surface area contributed by atoms with Gasteiger partial charge in [-0.3, -0.25) is 14.9 Å². The Morgan fingerprint density at radius 3 is 2.74 bits per heavy atom. The summed E-state index contributed by atoms with van der Waals surface area (Å²) in [6.45, 7) is 2.96. The smallest absolute Gasteiger partial charge is 0.243 e. The van der Waals surface area contributed by atoms with Gasteiger partial charge in [-0.2, -0.15) is 0 Å². The summed E-state index contributed by atoms with van der Waals surface area (Å²) in [6.07, 6.45) is 2.00. The first-order valence-electron chi connectivity index (χ1n) is 6.79. The number of amides is 2. The molecule has 1 heterocycles. The molecule has 0 bridgehead atoms. The van der Waals surface area contributed by atoms with Crippen molar-refractivity contribution in [2.45, 2.75) is 38.1 Å². The molecule has 4 nitrogen and oxygen atoms in total. The SMILES string of the molecule is CC(CCNC1CCC(=O)NC1=O)c1ccccc1. The van der Waals surface area contributed by atoms with E-state index in [0.717, 1.165) is 13.0 Å². The van der Waals surface area contributed by atoms with E-state index >= 15 is 0 Å². The van der Waals surface area contributed by atoms with Gasteiger partial charge in [0.2, 0.25) is 11.8 Å². The van der Waals surface area contributed by atoms with Gasteiger partial charge in [-0.1, -0.05) is 37.3 Å². The minimum Gasteiger partial charge on any atom is -0.306 e. The third kappa shape index (κ3) is 3.89. The first kappa shape index (κ1) is 13.7. The van der Waals surface area contributed by atoms with E-state index in [-0.39, 0.29) is 17.9 Å². The van der Waals surface area contributed by atoms with Gasteiger partial charge in [-0.15, -0.1) is 0 Å². The van der Waals surface area contributed by atoms with Crippen molar-refractivity contribution in [3.63, 3.8) is 0 Å². The van der Waals surface area contributed by atoms with Crippen molar-refractivity contribution in [1.29, 1.82) is 0 Å². The van der Waals surface area contributed by atoms with Gasteiger partial charge in [-0.05, 0) is 30.9 Å². The molecule has 0 spiro atoms. The van der Waals surface area contributed by atoms with Crippen LogP contribution in [0.1, 0.15) is 37.7 Å². The number of benzene rings is 1. The van der Waals surface area contributed by atoms with Gasteiger partial charge in [0.15, 0.2) is 0 Å². The lowest BCUT2D eigenvalue weighted by Crippen LogP contribution is -2.50. The minimum atomic E-state index is -0.222. The monoisotopic (exact) mass is 260 g/mol. The first-order valence-corrected chi connectivity index (χ1v) is 6.79. The molecular weight excluding hydrogens is 240 g/mol. The summed E-state index contributed by atoms with van der Waals surface area (Å²) in [7, 11) is 0. The van der Waals surface area contributed by atoms with E-state index < -0.39 is 0 Å². The molecule has 1 aliphatic heterocycles. The highest BCUT2D eigenvalue weighted by atomic mass is 16.2. The summed E-state index contributed by atoms with van der Waals surface area (Å²) >= 11 is 0. The highest BCUT2D eigenvalue weighted by Crippen LogP contribution is 2.17. The van der Waals surface area contributed by atoms with Gasteiger partial charge < -0.3 is 5.32 Å². The number of hydrogen-bond donors (Lipinski definition) is 2. The number of carbonyl (C=O) groups excluding carboxylic acids is 2. The van der Waals surface area contributed by atoms with Gasteiger partial charge >= 0.3 is 0 Å². The summed E-state index contributed by atoms with van der Waals surface area (Å²) < 4.78 is 0. The number of carbonyl (C=O) groups is 2. The molecule has 19 heavy (non-hydrogen) atoms. The molecule has 1 saturated heterocycles. The molecule has 0 radical (unpaired) electrons. The molecule has 2 rings (SSSR count). The topological polar surface area (TPSA) is 58.2 Å². The molecule has 0 aromatic heterocycles. The fourth-order valence-electron chi connectivity index (χ4n) is 2.31. The Balaban J connectivity index is 1.75. The zero-order chi connectivity index (χ0) is 13.7. The molecule has 2 amide bonds. The predicted molar refractivity (Wildman–Crippen MR) is 73.6 cm³/mol. The maximum absolute atomic E-state index is 11.6. The van der Waals surface area contributed by atoms with Gasteiger partial charge in [0, 0.05) is 6.42 Å². The molecule has 2 unspecified atom stereocenters. The van der Waals surface area contributed by atoms with Crippen LogP contribution in [0.5, 0.6) is 0 Å². The van der Waals surface area contributed by atoms with E-state index in [1.54, 1.807) is 0 Å². The average Bonchev–Trinajstić information content (AvgIpc) is 2.42. The summed E-state index contributed by atoms with van der Waals surface area (Å²) in [6, 6.07) is 10.1. The molecule has 1 aromatic rings. The number of rotatable bonds is 5. The van der Waals surface area contributed by atoms with Crippen LogP contribution in [0.25, 0.3) is 0 Å². The lowest BCUT2D eigenvalue weighted by molar-refractivity contribution is -0.134. The molecule has 0 saturated carbocycles. The van der Waals surface area contributed by atoms with E-state index in [1.165, 1.54) is 5.56 Å². The van der Waals surface area contributed by atoms with Crippen LogP contribution in [0.4, 0.5) is 0 Å². The number of nitrogens with one attached hydrogen (secondary N) is 2. The average molecular weight is 260 g/mol. The van der Waals surface area contributed by atoms with Gasteiger partial charge in [0.05, 0.1) is 6.04 Å². The molecule has 2 atom stereocenters. The highest BCUT2D eigenvalue weighted by Gasteiger charge is 2.25. The van der Waals surface area contributed by atoms with Crippen LogP contribution in [0.3, 0.4) is 0 Å². The van der Waals surface area contributed by atoms with E-state index in [1.807, 2.05) is 18.2 Å². The highest BCUT2D eigenvalue weighted by molar-refractivity contribution is 6.00. The van der Waals surface area contributed by atoms with Crippen LogP contribution in [-0.2, 0) is 9.59 Å². The number of hydrogen-bond acceptors (Lipinski definition) is 3. The van der Waals surface area contributed by atoms with Crippen molar-refractivity contribution in [3.05, 3.63) is 35.9 Å². The molecule has 102 valence electrons. The Morgan fingerprint density at radius 1 is 1.32 bits per heavy atom. The molecule has 2 N–H and O–H groups in total. The van der Waals surface area contributed by atoms with Crippen molar-refractivity contribution in [1.82, 2.24) is 10.6 Å². The van der Waals surface area contributed by atoms with Gasteiger partial charge in [0.25, 0.3) is 0 Å². The van der Waals surface area contributed by atoms with E-state index in [0.29, 0.717) is 18.8 Å². The van der Waals surface area contributed by atoms with Crippen molar-refractivity contribution >= 4 is 11.8 Å². The summed E-state index contributed by atoms with van der Waals surface area (Å²) in [5.74, 6) is 0.103. The van der Waals surface area contributed by atoms with Crippen LogP contribution < -0.4 is 10.6 Å². The molecule has 1 aliphatic rings. The number of imide groups is 1. The quantitative estimate of drug-likeness (QED) is 0.790. The Hall–Kier alpha value is -1.68. The summed E-state index contributed by atoms with van der Waals surface area (Å²) in [4.78, 5) is 22.6. The first-order chi connectivity index (χ1) is 9.16. The molecular formula is C15H20N2O2. The number of piperidine rings is 1. The third-order valence-electron chi connectivity index (χ3n) is 3.58. The van der Waals surface area contributed by atoms with Gasteiger partial charge in [0.1, 0.15) is 0 Å². The largest absolute Gasteiger partial charge is 0.306 e. The Morgan fingerprint density at radius 2 is 2.05 bits per heavy atom. The second-order valence-corrected chi connectivity index (χ2v) is 5.06. The second kappa shape index (κ2) is 6.48. The summed E-state index contributed by atoms with van der Waals surface area (Å²) in [5.41, 5.74) is 1.31. The Labute approximate surface area is 113 Å². The maximum Gasteiger partial charge on any atom is 0.243 e. The van der Waals surface area contributed by atoms with Crippen LogP contribution in [-0.4, -0.2) is 24.4 Å². The lowest BCUT2D eigenvalue weighted by atomic mass is 9.97. The lowest BCUT2D eigenvalue weighted by Gasteiger charge is -2.22. The van der Waals surface area contributed by atoms with Crippen LogP contribution in [0.2, 0.25) is 0 Å². The Bertz CT molecular complexity index is 445. The van der Waals surface area contributed by atoms with Crippen molar-refractivity contribution in [2.75, 3.05) is 6.54 Å². The normalized spacial score (nSPS) is 21.0. The fraction of sp³-hybridized carbons (Fsp3) is 0.467. The predicted octanol–water partition coefficient (Wildman–Crippen LogP) is 1.57. The summed E-state index contributed by atoms with van der Waals surface area (Å²) in [5, 5.41) is 5.59. The van der Waals surface area contributed by atoms with E-state index in [2.05, 4.69) is 29.7 Å². The molecule has 4 heteroatoms. The van der Waals surface area contributed by atoms with E-state index in [4.69, 9.17) is 0 Å². The molecule has 0 aliphatic carbocycles. The van der Waals surface area contributed by atoms with E-state index in [9.17, 15) is 9.59 Å². The zero-order valence-electron chi connectivity index (χ0n) is 11.2. The standard InChI is InChI=1S/C15H20N2O2/c1-11(12-5-3-2-4-6-12)9-10-16-13-7-8-14(18)17-15(13)19/h2-6,11,13,16H,7-10H2,1H3,(H,17,18,19). The van der Waals surface area contributed by atoms with Gasteiger partial charge in [-0.25, -0.2) is 0 Å². The van der Waals surface area contributed by atoms with Crippen LogP contribution in [0, 0.1) is 0 Å². The molecule has 1 aromatic carbocycles. The second-order valence-electron chi connectivity index (χ2n) is 5.06. The van der Waals surface area contributed by atoms with Crippen molar-refractivity contribution in [3.8, 4) is 0 Å². The maximum atomic E-state index is 11.6. The molecule has 1 fully saturated rings. The zero-order valence-corrected chi connectivity index (χ0v) is 11.2. The minimum absolute atomic E-state index is 0.166. The van der Waals surface area contributed by atoms with Crippen LogP contribution in [0.15, 0.2) is 30.3 Å².